The molecule has 1 aliphatic rings. The summed E-state index contributed by atoms with van der Waals surface area (Å²) in [6.07, 6.45) is 5.79. The molecule has 0 atom stereocenters. The topological polar surface area (TPSA) is 3.24 Å². The van der Waals surface area contributed by atoms with Crippen molar-refractivity contribution in [3.63, 3.8) is 0 Å². The van der Waals surface area contributed by atoms with Crippen LogP contribution in [0.5, 0.6) is 0 Å². The van der Waals surface area contributed by atoms with Gasteiger partial charge in [0.05, 0.1) is 0 Å². The van der Waals surface area contributed by atoms with E-state index in [-0.39, 0.29) is 12.4 Å². The smallest absolute Gasteiger partial charge is 0.00218 e. The summed E-state index contributed by atoms with van der Waals surface area (Å²) in [5.74, 6) is 0. The van der Waals surface area contributed by atoms with Crippen LogP contribution < -0.4 is 0 Å². The molecule has 0 aliphatic heterocycles. The maximum atomic E-state index is 2.49. The van der Waals surface area contributed by atoms with Gasteiger partial charge < -0.3 is 4.90 Å². The minimum atomic E-state index is 0. The normalized spacial score (nSPS) is 14.5. The van der Waals surface area contributed by atoms with Crippen LogP contribution >= 0.6 is 12.4 Å². The second-order valence-electron chi connectivity index (χ2n) is 6.00. The third kappa shape index (κ3) is 4.17. The summed E-state index contributed by atoms with van der Waals surface area (Å²) in [5.41, 5.74) is 6.84. The van der Waals surface area contributed by atoms with Gasteiger partial charge in [-0.05, 0) is 53.4 Å². The van der Waals surface area contributed by atoms with E-state index >= 15 is 0 Å². The predicted molar refractivity (Wildman–Crippen MR) is 108 cm³/mol. The average Bonchev–Trinajstić information content (AvgIpc) is 2.95. The maximum absolute atomic E-state index is 2.49. The Labute approximate surface area is 152 Å². The van der Waals surface area contributed by atoms with Crippen molar-refractivity contribution in [2.24, 2.45) is 0 Å². The number of rotatable bonds is 6. The number of benzene rings is 2. The van der Waals surface area contributed by atoms with E-state index < -0.39 is 0 Å². The van der Waals surface area contributed by atoms with Crippen molar-refractivity contribution in [2.45, 2.75) is 20.3 Å². The molecule has 3 rings (SSSR count). The van der Waals surface area contributed by atoms with Crippen LogP contribution in [0.25, 0.3) is 17.2 Å². The van der Waals surface area contributed by atoms with Crippen LogP contribution in [0.3, 0.4) is 0 Å². The first-order chi connectivity index (χ1) is 11.3. The van der Waals surface area contributed by atoms with E-state index in [1.807, 2.05) is 0 Å². The molecule has 0 radical (unpaired) electrons. The van der Waals surface area contributed by atoms with Gasteiger partial charge >= 0.3 is 0 Å². The lowest BCUT2D eigenvalue weighted by molar-refractivity contribution is 0.312. The Balaban J connectivity index is 0.00000208. The maximum Gasteiger partial charge on any atom is 0.00218 e. The lowest BCUT2D eigenvalue weighted by Crippen LogP contribution is -2.24. The zero-order chi connectivity index (χ0) is 16.1. The molecule has 2 aromatic rings. The highest BCUT2D eigenvalue weighted by Crippen LogP contribution is 2.37. The lowest BCUT2D eigenvalue weighted by Gasteiger charge is -2.18. The summed E-state index contributed by atoms with van der Waals surface area (Å²) in [7, 11) is 0. The largest absolute Gasteiger partial charge is 0.304 e. The van der Waals surface area contributed by atoms with Crippen LogP contribution in [-0.2, 0) is 0 Å². The molecular weight excluding hydrogens is 314 g/mol. The molecule has 0 saturated heterocycles. The molecule has 0 bridgehead atoms. The molecule has 0 heterocycles. The van der Waals surface area contributed by atoms with Gasteiger partial charge in [-0.15, -0.1) is 12.4 Å². The van der Waals surface area contributed by atoms with Gasteiger partial charge in [-0.25, -0.2) is 0 Å². The SMILES string of the molecule is CCN(CC)CCC1=C/C(=C/c2ccccc2)c2ccccc21.Cl. The van der Waals surface area contributed by atoms with Crippen molar-refractivity contribution in [3.05, 3.63) is 77.4 Å². The molecule has 0 aromatic heterocycles. The first kappa shape index (κ1) is 18.5. The quantitative estimate of drug-likeness (QED) is 0.645. The van der Waals surface area contributed by atoms with Crippen molar-refractivity contribution < 1.29 is 0 Å². The zero-order valence-electron chi connectivity index (χ0n) is 14.5. The fraction of sp³-hybridized carbons (Fsp3) is 0.273. The number of allylic oxidation sites excluding steroid dienone is 2. The van der Waals surface area contributed by atoms with E-state index in [2.05, 4.69) is 85.5 Å². The van der Waals surface area contributed by atoms with Crippen molar-refractivity contribution in [1.82, 2.24) is 4.90 Å². The summed E-state index contributed by atoms with van der Waals surface area (Å²) in [6.45, 7) is 7.85. The van der Waals surface area contributed by atoms with Crippen LogP contribution in [0.1, 0.15) is 37.0 Å². The third-order valence-corrected chi connectivity index (χ3v) is 4.63. The van der Waals surface area contributed by atoms with Crippen molar-refractivity contribution in [2.75, 3.05) is 19.6 Å². The Bertz CT molecular complexity index is 712. The molecule has 1 aliphatic carbocycles. The van der Waals surface area contributed by atoms with Crippen molar-refractivity contribution in [1.29, 1.82) is 0 Å². The van der Waals surface area contributed by atoms with Gasteiger partial charge in [0.1, 0.15) is 0 Å². The van der Waals surface area contributed by atoms with Crippen LogP contribution in [0.4, 0.5) is 0 Å². The highest BCUT2D eigenvalue weighted by atomic mass is 35.5. The minimum Gasteiger partial charge on any atom is -0.304 e. The molecule has 0 fully saturated rings. The van der Waals surface area contributed by atoms with E-state index in [1.165, 1.54) is 27.8 Å². The van der Waals surface area contributed by atoms with Gasteiger partial charge in [0.15, 0.2) is 0 Å². The first-order valence-corrected chi connectivity index (χ1v) is 8.61. The van der Waals surface area contributed by atoms with Crippen LogP contribution in [-0.4, -0.2) is 24.5 Å². The van der Waals surface area contributed by atoms with Gasteiger partial charge in [0.25, 0.3) is 0 Å². The molecular formula is C22H26ClN. The number of hydrogen-bond donors (Lipinski definition) is 0. The Hall–Kier alpha value is -1.83. The number of fused-ring (bicyclic) bond motifs is 1. The monoisotopic (exact) mass is 339 g/mol. The number of hydrogen-bond acceptors (Lipinski definition) is 1. The van der Waals surface area contributed by atoms with E-state index in [1.54, 1.807) is 0 Å². The lowest BCUT2D eigenvalue weighted by atomic mass is 10.0. The molecule has 0 spiro atoms. The van der Waals surface area contributed by atoms with Crippen LogP contribution in [0.2, 0.25) is 0 Å². The molecule has 0 amide bonds. The van der Waals surface area contributed by atoms with Crippen LogP contribution in [0, 0.1) is 0 Å². The predicted octanol–water partition coefficient (Wildman–Crippen LogP) is 5.78. The summed E-state index contributed by atoms with van der Waals surface area (Å²) in [6, 6.07) is 19.4. The van der Waals surface area contributed by atoms with Crippen LogP contribution in [0.15, 0.2) is 60.7 Å². The summed E-state index contributed by atoms with van der Waals surface area (Å²) in [5, 5.41) is 0. The molecule has 2 aromatic carbocycles. The van der Waals surface area contributed by atoms with Gasteiger partial charge in [-0.2, -0.15) is 0 Å². The standard InChI is InChI=1S/C22H25N.ClH/c1-3-23(4-2)15-14-19-17-20(16-18-10-6-5-7-11-18)22-13-9-8-12-21(19)22;/h5-13,16-17H,3-4,14-15H2,1-2H3;1H/b20-16-;. The third-order valence-electron chi connectivity index (χ3n) is 4.63. The Morgan fingerprint density at radius 3 is 2.12 bits per heavy atom. The van der Waals surface area contributed by atoms with Gasteiger partial charge in [0, 0.05) is 6.54 Å². The molecule has 2 heteroatoms. The average molecular weight is 340 g/mol. The second kappa shape index (κ2) is 8.86. The van der Waals surface area contributed by atoms with Gasteiger partial charge in [-0.1, -0.05) is 74.5 Å². The Morgan fingerprint density at radius 2 is 1.46 bits per heavy atom. The van der Waals surface area contributed by atoms with Crippen molar-refractivity contribution in [3.8, 4) is 0 Å². The zero-order valence-corrected chi connectivity index (χ0v) is 15.4. The molecule has 0 N–H and O–H groups in total. The number of halogens is 1. The summed E-state index contributed by atoms with van der Waals surface area (Å²) < 4.78 is 0. The fourth-order valence-electron chi connectivity index (χ4n) is 3.23. The molecule has 24 heavy (non-hydrogen) atoms. The Kier molecular flexibility index (Phi) is 6.84. The highest BCUT2D eigenvalue weighted by Gasteiger charge is 2.17. The molecule has 0 unspecified atom stereocenters. The second-order valence-corrected chi connectivity index (χ2v) is 6.00. The van der Waals surface area contributed by atoms with Gasteiger partial charge in [-0.3, -0.25) is 0 Å². The minimum absolute atomic E-state index is 0. The van der Waals surface area contributed by atoms with E-state index in [9.17, 15) is 0 Å². The van der Waals surface area contributed by atoms with Gasteiger partial charge in [0.2, 0.25) is 0 Å². The Morgan fingerprint density at radius 1 is 0.833 bits per heavy atom. The first-order valence-electron chi connectivity index (χ1n) is 8.61. The fourth-order valence-corrected chi connectivity index (χ4v) is 3.23. The number of nitrogens with zero attached hydrogens (tertiary/aromatic N) is 1. The van der Waals surface area contributed by atoms with Crippen molar-refractivity contribution >= 4 is 29.6 Å². The molecule has 126 valence electrons. The van der Waals surface area contributed by atoms with E-state index in [0.29, 0.717) is 0 Å². The van der Waals surface area contributed by atoms with E-state index in [0.717, 1.165) is 26.1 Å². The van der Waals surface area contributed by atoms with E-state index in [4.69, 9.17) is 0 Å². The highest BCUT2D eigenvalue weighted by molar-refractivity contribution is 6.01. The molecule has 0 saturated carbocycles. The summed E-state index contributed by atoms with van der Waals surface area (Å²) >= 11 is 0. The molecule has 1 nitrogen and oxygen atoms in total. The summed E-state index contributed by atoms with van der Waals surface area (Å²) in [4.78, 5) is 2.49.